The van der Waals surface area contributed by atoms with Crippen molar-refractivity contribution in [3.63, 3.8) is 0 Å². The minimum absolute atomic E-state index is 0.0103. The minimum atomic E-state index is -1.16. The molecule has 2 aliphatic heterocycles. The molecule has 1 aromatic carbocycles. The number of carboxylic acids is 1. The standard InChI is InChI=1S/C31H41FN4O6/c1-17-12-18-8-6-5-7-9-22-27(34-23-14-19(32)10-11-21(23)33-22)41-20-15-24(29(38)39)36(16-20)28(37)26(31(2,3)4)35-30(40)42-25(18)13-17/h10-11,14,17-18,20,24-26H,5-9,12-13,15-16H2,1-4H3,(H,35,40)(H,38,39)/t17-,18-,20-,24+,25-,26-/m1/s1. The van der Waals surface area contributed by atoms with Crippen molar-refractivity contribution in [2.45, 2.75) is 103 Å². The van der Waals surface area contributed by atoms with Crippen LogP contribution in [-0.4, -0.2) is 68.8 Å². The molecule has 0 unspecified atom stereocenters. The number of halogens is 1. The number of carbonyl (C=O) groups excluding carboxylic acids is 2. The third-order valence-corrected chi connectivity index (χ3v) is 8.76. The fourth-order valence-corrected chi connectivity index (χ4v) is 6.60. The van der Waals surface area contributed by atoms with Crippen LogP contribution >= 0.6 is 0 Å². The number of carbonyl (C=O) groups is 3. The van der Waals surface area contributed by atoms with Crippen LogP contribution in [0.15, 0.2) is 18.2 Å². The number of carboxylic acid groups (broad SMARTS) is 1. The van der Waals surface area contributed by atoms with Gasteiger partial charge in [0.25, 0.3) is 0 Å². The smallest absolute Gasteiger partial charge is 0.408 e. The van der Waals surface area contributed by atoms with Gasteiger partial charge in [-0.25, -0.2) is 23.9 Å². The maximum absolute atomic E-state index is 14.0. The Morgan fingerprint density at radius 3 is 2.60 bits per heavy atom. The lowest BCUT2D eigenvalue weighted by atomic mass is 9.85. The first kappa shape index (κ1) is 30.0. The van der Waals surface area contributed by atoms with Crippen molar-refractivity contribution in [3.8, 4) is 5.88 Å². The summed E-state index contributed by atoms with van der Waals surface area (Å²) in [6.07, 6.45) is 4.44. The number of nitrogens with one attached hydrogen (secondary N) is 1. The predicted octanol–water partition coefficient (Wildman–Crippen LogP) is 4.87. The number of hydrogen-bond acceptors (Lipinski definition) is 7. The van der Waals surface area contributed by atoms with E-state index < -0.39 is 47.4 Å². The van der Waals surface area contributed by atoms with Crippen LogP contribution in [0.3, 0.4) is 0 Å². The summed E-state index contributed by atoms with van der Waals surface area (Å²) in [5, 5.41) is 12.8. The number of aliphatic carboxylic acids is 1. The molecule has 0 spiro atoms. The number of benzene rings is 1. The molecule has 2 N–H and O–H groups in total. The van der Waals surface area contributed by atoms with Gasteiger partial charge in [0, 0.05) is 12.5 Å². The Bertz CT molecular complexity index is 1350. The summed E-state index contributed by atoms with van der Waals surface area (Å²) < 4.78 is 26.2. The Kier molecular flexibility index (Phi) is 8.57. The Balaban J connectivity index is 1.49. The van der Waals surface area contributed by atoms with Crippen molar-refractivity contribution in [1.29, 1.82) is 0 Å². The SMILES string of the molecule is C[C@@H]1C[C@H]2CCCCCc3nc4ccc(F)cc4nc3O[C@@H]3C[C@@H](C(=O)O)N(C3)C(=O)[C@H](C(C)(C)C)NC(=O)O[C@@H]2C1. The van der Waals surface area contributed by atoms with E-state index in [9.17, 15) is 23.9 Å². The Hall–Kier alpha value is -3.50. The first-order valence-corrected chi connectivity index (χ1v) is 15.0. The molecule has 3 aliphatic rings. The van der Waals surface area contributed by atoms with E-state index in [1.165, 1.54) is 17.0 Å². The predicted molar refractivity (Wildman–Crippen MR) is 152 cm³/mol. The van der Waals surface area contributed by atoms with E-state index in [1.807, 2.05) is 20.8 Å². The second kappa shape index (κ2) is 12.0. The number of ether oxygens (including phenoxy) is 2. The zero-order chi connectivity index (χ0) is 30.2. The molecule has 2 fully saturated rings. The largest absolute Gasteiger partial charge is 0.480 e. The molecule has 11 heteroatoms. The molecular weight excluding hydrogens is 543 g/mol. The molecule has 1 aliphatic carbocycles. The van der Waals surface area contributed by atoms with Gasteiger partial charge >= 0.3 is 12.1 Å². The normalized spacial score (nSPS) is 29.5. The van der Waals surface area contributed by atoms with Crippen LogP contribution in [0.1, 0.15) is 78.3 Å². The second-order valence-electron chi connectivity index (χ2n) is 13.3. The van der Waals surface area contributed by atoms with Gasteiger partial charge in [0.05, 0.1) is 17.6 Å². The van der Waals surface area contributed by atoms with Crippen molar-refractivity contribution < 1.29 is 33.4 Å². The van der Waals surface area contributed by atoms with Crippen molar-refractivity contribution in [2.24, 2.45) is 17.3 Å². The van der Waals surface area contributed by atoms with Gasteiger partial charge in [-0.3, -0.25) is 4.79 Å². The summed E-state index contributed by atoms with van der Waals surface area (Å²) in [6.45, 7) is 7.60. The summed E-state index contributed by atoms with van der Waals surface area (Å²) >= 11 is 0. The van der Waals surface area contributed by atoms with E-state index in [0.29, 0.717) is 29.1 Å². The van der Waals surface area contributed by atoms with Gasteiger partial charge in [0.1, 0.15) is 35.8 Å². The van der Waals surface area contributed by atoms with Crippen LogP contribution in [-0.2, 0) is 20.7 Å². The van der Waals surface area contributed by atoms with E-state index in [2.05, 4.69) is 17.2 Å². The third kappa shape index (κ3) is 6.60. The van der Waals surface area contributed by atoms with E-state index in [0.717, 1.165) is 38.5 Å². The molecule has 5 rings (SSSR count). The maximum Gasteiger partial charge on any atom is 0.408 e. The molecule has 2 bridgehead atoms. The van der Waals surface area contributed by atoms with Crippen molar-refractivity contribution in [1.82, 2.24) is 20.2 Å². The second-order valence-corrected chi connectivity index (χ2v) is 13.3. The minimum Gasteiger partial charge on any atom is -0.480 e. The zero-order valence-electron chi connectivity index (χ0n) is 24.8. The Morgan fingerprint density at radius 1 is 1.07 bits per heavy atom. The first-order valence-electron chi connectivity index (χ1n) is 15.0. The van der Waals surface area contributed by atoms with E-state index in [1.54, 1.807) is 6.07 Å². The van der Waals surface area contributed by atoms with E-state index in [-0.39, 0.29) is 30.9 Å². The van der Waals surface area contributed by atoms with Crippen LogP contribution in [0, 0.1) is 23.1 Å². The lowest BCUT2D eigenvalue weighted by Crippen LogP contribution is -2.57. The Morgan fingerprint density at radius 2 is 1.86 bits per heavy atom. The molecule has 1 saturated carbocycles. The van der Waals surface area contributed by atoms with E-state index >= 15 is 0 Å². The lowest BCUT2D eigenvalue weighted by molar-refractivity contribution is -0.150. The molecule has 42 heavy (non-hydrogen) atoms. The first-order chi connectivity index (χ1) is 19.9. The fourth-order valence-electron chi connectivity index (χ4n) is 6.60. The number of nitrogens with zero attached hydrogens (tertiary/aromatic N) is 3. The molecule has 228 valence electrons. The van der Waals surface area contributed by atoms with Crippen LogP contribution in [0.5, 0.6) is 5.88 Å². The zero-order valence-corrected chi connectivity index (χ0v) is 24.8. The summed E-state index contributed by atoms with van der Waals surface area (Å²) in [5.41, 5.74) is 0.801. The van der Waals surface area contributed by atoms with Crippen molar-refractivity contribution >= 4 is 29.0 Å². The number of amides is 2. The average Bonchev–Trinajstić information content (AvgIpc) is 3.48. The molecule has 1 saturated heterocycles. The van der Waals surface area contributed by atoms with Crippen molar-refractivity contribution in [3.05, 3.63) is 29.7 Å². The van der Waals surface area contributed by atoms with Gasteiger partial charge in [-0.05, 0) is 61.5 Å². The van der Waals surface area contributed by atoms with Gasteiger partial charge in [-0.15, -0.1) is 0 Å². The topological polar surface area (TPSA) is 131 Å². The molecule has 0 radical (unpaired) electrons. The summed E-state index contributed by atoms with van der Waals surface area (Å²) in [7, 11) is 0. The number of hydrogen-bond donors (Lipinski definition) is 2. The van der Waals surface area contributed by atoms with Gasteiger partial charge < -0.3 is 24.8 Å². The molecule has 1 aromatic heterocycles. The summed E-state index contributed by atoms with van der Waals surface area (Å²) in [6, 6.07) is 2.05. The van der Waals surface area contributed by atoms with Gasteiger partial charge in [-0.2, -0.15) is 0 Å². The summed E-state index contributed by atoms with van der Waals surface area (Å²) in [5.74, 6) is -1.22. The highest BCUT2D eigenvalue weighted by atomic mass is 19.1. The van der Waals surface area contributed by atoms with Crippen LogP contribution < -0.4 is 10.1 Å². The lowest BCUT2D eigenvalue weighted by Gasteiger charge is -2.35. The van der Waals surface area contributed by atoms with Gasteiger partial charge in [0.15, 0.2) is 0 Å². The van der Waals surface area contributed by atoms with Gasteiger partial charge in [0.2, 0.25) is 11.8 Å². The molecule has 3 heterocycles. The molecular formula is C31H41FN4O6. The number of fused-ring (bicyclic) bond motifs is 5. The van der Waals surface area contributed by atoms with Crippen LogP contribution in [0.4, 0.5) is 9.18 Å². The highest BCUT2D eigenvalue weighted by Gasteiger charge is 2.46. The van der Waals surface area contributed by atoms with E-state index in [4.69, 9.17) is 14.5 Å². The van der Waals surface area contributed by atoms with Gasteiger partial charge in [-0.1, -0.05) is 40.5 Å². The monoisotopic (exact) mass is 584 g/mol. The van der Waals surface area contributed by atoms with Crippen molar-refractivity contribution in [2.75, 3.05) is 6.54 Å². The number of rotatable bonds is 1. The average molecular weight is 585 g/mol. The Labute approximate surface area is 245 Å². The van der Waals surface area contributed by atoms with Crippen LogP contribution in [0.25, 0.3) is 11.0 Å². The molecule has 10 nitrogen and oxygen atoms in total. The summed E-state index contributed by atoms with van der Waals surface area (Å²) in [4.78, 5) is 49.9. The quantitative estimate of drug-likeness (QED) is 0.485. The highest BCUT2D eigenvalue weighted by molar-refractivity contribution is 5.90. The maximum atomic E-state index is 14.0. The van der Waals surface area contributed by atoms with Crippen LogP contribution in [0.2, 0.25) is 0 Å². The third-order valence-electron chi connectivity index (χ3n) is 8.76. The number of aryl methyl sites for hydroxylation is 1. The number of aromatic nitrogens is 2. The fraction of sp³-hybridized carbons (Fsp3) is 0.645. The molecule has 6 atom stereocenters. The highest BCUT2D eigenvalue weighted by Crippen LogP contribution is 2.37. The molecule has 2 amide bonds. The number of alkyl carbamates (subject to hydrolysis) is 1. The molecule has 2 aromatic rings.